The van der Waals surface area contributed by atoms with E-state index in [4.69, 9.17) is 0 Å². The van der Waals surface area contributed by atoms with Gasteiger partial charge in [0.1, 0.15) is 0 Å². The standard InChI is InChI=1S/C19H26S/c1-19(2,3)15-14-18-13-12-17(20-18)11-7-10-16-8-5-4-6-9-16/h4-6,8-9,12-13H,7,10-11,14-15H2,1-3H3. The molecule has 0 aliphatic carbocycles. The molecule has 1 heterocycles. The van der Waals surface area contributed by atoms with Crippen LogP contribution in [0.5, 0.6) is 0 Å². The van der Waals surface area contributed by atoms with Crippen LogP contribution in [0.25, 0.3) is 0 Å². The van der Waals surface area contributed by atoms with E-state index in [9.17, 15) is 0 Å². The minimum absolute atomic E-state index is 0.442. The lowest BCUT2D eigenvalue weighted by molar-refractivity contribution is 0.379. The molecule has 0 amide bonds. The Labute approximate surface area is 127 Å². The quantitative estimate of drug-likeness (QED) is 0.620. The first kappa shape index (κ1) is 15.3. The van der Waals surface area contributed by atoms with Gasteiger partial charge in [0.2, 0.25) is 0 Å². The Morgan fingerprint density at radius 1 is 0.800 bits per heavy atom. The number of aryl methyl sites for hydroxylation is 3. The van der Waals surface area contributed by atoms with Crippen LogP contribution >= 0.6 is 11.3 Å². The van der Waals surface area contributed by atoms with E-state index in [0.717, 1.165) is 0 Å². The molecule has 0 saturated carbocycles. The second kappa shape index (κ2) is 7.08. The molecule has 0 bridgehead atoms. The fraction of sp³-hybridized carbons (Fsp3) is 0.474. The van der Waals surface area contributed by atoms with Crippen LogP contribution in [0.4, 0.5) is 0 Å². The van der Waals surface area contributed by atoms with E-state index >= 15 is 0 Å². The smallest absolute Gasteiger partial charge is 0.00483 e. The summed E-state index contributed by atoms with van der Waals surface area (Å²) in [4.78, 5) is 3.10. The van der Waals surface area contributed by atoms with E-state index in [1.54, 1.807) is 9.75 Å². The second-order valence-electron chi connectivity index (χ2n) is 6.77. The Morgan fingerprint density at radius 3 is 2.10 bits per heavy atom. The summed E-state index contributed by atoms with van der Waals surface area (Å²) < 4.78 is 0. The zero-order chi connectivity index (χ0) is 14.4. The summed E-state index contributed by atoms with van der Waals surface area (Å²) in [6.45, 7) is 6.96. The molecule has 108 valence electrons. The lowest BCUT2D eigenvalue weighted by Gasteiger charge is -2.16. The van der Waals surface area contributed by atoms with Gasteiger partial charge in [0, 0.05) is 9.75 Å². The average Bonchev–Trinajstić information content (AvgIpc) is 2.85. The molecule has 1 aromatic carbocycles. The fourth-order valence-electron chi connectivity index (χ4n) is 2.30. The lowest BCUT2D eigenvalue weighted by atomic mass is 9.90. The summed E-state index contributed by atoms with van der Waals surface area (Å²) in [7, 11) is 0. The first-order chi connectivity index (χ1) is 9.53. The molecule has 0 aliphatic heterocycles. The molecule has 0 spiro atoms. The SMILES string of the molecule is CC(C)(C)CCc1ccc(CCCc2ccccc2)s1. The van der Waals surface area contributed by atoms with E-state index in [-0.39, 0.29) is 0 Å². The largest absolute Gasteiger partial charge is 0.145 e. The average molecular weight is 286 g/mol. The minimum Gasteiger partial charge on any atom is -0.145 e. The Morgan fingerprint density at radius 2 is 1.45 bits per heavy atom. The molecule has 0 aliphatic rings. The first-order valence-corrected chi connectivity index (χ1v) is 8.46. The van der Waals surface area contributed by atoms with Crippen molar-refractivity contribution in [1.82, 2.24) is 0 Å². The second-order valence-corrected chi connectivity index (χ2v) is 8.02. The van der Waals surface area contributed by atoms with Crippen molar-refractivity contribution < 1.29 is 0 Å². The van der Waals surface area contributed by atoms with E-state index in [1.807, 2.05) is 11.3 Å². The Balaban J connectivity index is 1.75. The molecule has 2 rings (SSSR count). The highest BCUT2D eigenvalue weighted by Gasteiger charge is 2.11. The molecule has 1 heteroatoms. The molecule has 0 atom stereocenters. The molecule has 0 unspecified atom stereocenters. The van der Waals surface area contributed by atoms with E-state index < -0.39 is 0 Å². The van der Waals surface area contributed by atoms with Crippen molar-refractivity contribution in [3.63, 3.8) is 0 Å². The van der Waals surface area contributed by atoms with Crippen LogP contribution in [0.1, 0.15) is 48.9 Å². The van der Waals surface area contributed by atoms with Crippen LogP contribution in [0, 0.1) is 5.41 Å². The molecule has 0 fully saturated rings. The summed E-state index contributed by atoms with van der Waals surface area (Å²) >= 11 is 2.01. The van der Waals surface area contributed by atoms with Crippen molar-refractivity contribution >= 4 is 11.3 Å². The molecule has 0 N–H and O–H groups in total. The molecule has 20 heavy (non-hydrogen) atoms. The van der Waals surface area contributed by atoms with E-state index in [0.29, 0.717) is 5.41 Å². The third-order valence-corrected chi connectivity index (χ3v) is 4.77. The number of hydrogen-bond acceptors (Lipinski definition) is 1. The fourth-order valence-corrected chi connectivity index (χ4v) is 3.36. The highest BCUT2D eigenvalue weighted by molar-refractivity contribution is 7.11. The van der Waals surface area contributed by atoms with Gasteiger partial charge in [-0.3, -0.25) is 0 Å². The molecule has 0 radical (unpaired) electrons. The summed E-state index contributed by atoms with van der Waals surface area (Å²) in [5.41, 5.74) is 1.90. The van der Waals surface area contributed by atoms with Crippen molar-refractivity contribution in [1.29, 1.82) is 0 Å². The highest BCUT2D eigenvalue weighted by Crippen LogP contribution is 2.25. The van der Waals surface area contributed by atoms with Crippen LogP contribution in [0.2, 0.25) is 0 Å². The third kappa shape index (κ3) is 5.50. The van der Waals surface area contributed by atoms with Crippen molar-refractivity contribution in [2.45, 2.75) is 52.9 Å². The predicted molar refractivity (Wildman–Crippen MR) is 90.6 cm³/mol. The van der Waals surface area contributed by atoms with Gasteiger partial charge in [-0.2, -0.15) is 0 Å². The van der Waals surface area contributed by atoms with Gasteiger partial charge < -0.3 is 0 Å². The minimum atomic E-state index is 0.442. The number of hydrogen-bond donors (Lipinski definition) is 0. The van der Waals surface area contributed by atoms with Gasteiger partial charge in [0.15, 0.2) is 0 Å². The third-order valence-electron chi connectivity index (χ3n) is 3.57. The summed E-state index contributed by atoms with van der Waals surface area (Å²) in [6, 6.07) is 15.5. The molecule has 0 nitrogen and oxygen atoms in total. The van der Waals surface area contributed by atoms with Crippen LogP contribution in [0.3, 0.4) is 0 Å². The van der Waals surface area contributed by atoms with Gasteiger partial charge in [-0.05, 0) is 55.2 Å². The topological polar surface area (TPSA) is 0 Å². The van der Waals surface area contributed by atoms with E-state index in [1.165, 1.54) is 37.7 Å². The van der Waals surface area contributed by atoms with Crippen molar-refractivity contribution in [3.05, 3.63) is 57.8 Å². The summed E-state index contributed by atoms with van der Waals surface area (Å²) in [6.07, 6.45) is 6.16. The normalized spacial score (nSPS) is 11.8. The summed E-state index contributed by atoms with van der Waals surface area (Å²) in [5.74, 6) is 0. The van der Waals surface area contributed by atoms with Crippen LogP contribution < -0.4 is 0 Å². The Kier molecular flexibility index (Phi) is 5.42. The monoisotopic (exact) mass is 286 g/mol. The van der Waals surface area contributed by atoms with Gasteiger partial charge in [0.05, 0.1) is 0 Å². The molecular formula is C19H26S. The highest BCUT2D eigenvalue weighted by atomic mass is 32.1. The molecule has 1 aromatic heterocycles. The first-order valence-electron chi connectivity index (χ1n) is 7.64. The van der Waals surface area contributed by atoms with Gasteiger partial charge in [-0.15, -0.1) is 11.3 Å². The maximum absolute atomic E-state index is 2.33. The Bertz CT molecular complexity index is 502. The van der Waals surface area contributed by atoms with Gasteiger partial charge in [0.25, 0.3) is 0 Å². The van der Waals surface area contributed by atoms with Crippen molar-refractivity contribution in [2.24, 2.45) is 5.41 Å². The van der Waals surface area contributed by atoms with Gasteiger partial charge in [-0.25, -0.2) is 0 Å². The van der Waals surface area contributed by atoms with Crippen molar-refractivity contribution in [3.8, 4) is 0 Å². The predicted octanol–water partition coefficient (Wildman–Crippen LogP) is 5.90. The number of thiophene rings is 1. The van der Waals surface area contributed by atoms with E-state index in [2.05, 4.69) is 63.2 Å². The zero-order valence-corrected chi connectivity index (χ0v) is 13.8. The van der Waals surface area contributed by atoms with Gasteiger partial charge in [-0.1, -0.05) is 51.1 Å². The van der Waals surface area contributed by atoms with Gasteiger partial charge >= 0.3 is 0 Å². The van der Waals surface area contributed by atoms with Crippen LogP contribution in [-0.2, 0) is 19.3 Å². The maximum Gasteiger partial charge on any atom is 0.00483 e. The van der Waals surface area contributed by atoms with Crippen LogP contribution in [-0.4, -0.2) is 0 Å². The zero-order valence-electron chi connectivity index (χ0n) is 13.0. The number of benzene rings is 1. The molecular weight excluding hydrogens is 260 g/mol. The molecule has 0 saturated heterocycles. The maximum atomic E-state index is 2.33. The number of rotatable bonds is 6. The lowest BCUT2D eigenvalue weighted by Crippen LogP contribution is -2.05. The molecule has 2 aromatic rings. The van der Waals surface area contributed by atoms with Crippen LogP contribution in [0.15, 0.2) is 42.5 Å². The van der Waals surface area contributed by atoms with Crippen molar-refractivity contribution in [2.75, 3.05) is 0 Å². The Hall–Kier alpha value is -1.08. The summed E-state index contributed by atoms with van der Waals surface area (Å²) in [5, 5.41) is 0.